The molecule has 1 heterocycles. The zero-order chi connectivity index (χ0) is 14.9. The highest BCUT2D eigenvalue weighted by Gasteiger charge is 2.18. The predicted octanol–water partition coefficient (Wildman–Crippen LogP) is 1.93. The van der Waals surface area contributed by atoms with Crippen molar-refractivity contribution in [2.45, 2.75) is 0 Å². The first-order chi connectivity index (χ1) is 9.41. The lowest BCUT2D eigenvalue weighted by atomic mass is 10.2. The van der Waals surface area contributed by atoms with Crippen LogP contribution in [0.3, 0.4) is 0 Å². The third-order valence-corrected chi connectivity index (χ3v) is 2.98. The van der Waals surface area contributed by atoms with Gasteiger partial charge in [0.1, 0.15) is 5.56 Å². The van der Waals surface area contributed by atoms with E-state index in [9.17, 15) is 14.7 Å². The number of aromatic nitrogens is 2. The molecular formula is C13H12ClN3O3. The van der Waals surface area contributed by atoms with Gasteiger partial charge in [0, 0.05) is 20.3 Å². The fourth-order valence-corrected chi connectivity index (χ4v) is 1.97. The van der Waals surface area contributed by atoms with Gasteiger partial charge in [-0.3, -0.25) is 4.79 Å². The zero-order valence-corrected chi connectivity index (χ0v) is 11.6. The van der Waals surface area contributed by atoms with Crippen molar-refractivity contribution in [3.05, 3.63) is 46.7 Å². The van der Waals surface area contributed by atoms with Gasteiger partial charge in [0.25, 0.3) is 5.91 Å². The molecule has 0 unspecified atom stereocenters. The van der Waals surface area contributed by atoms with Crippen LogP contribution in [-0.4, -0.2) is 45.8 Å². The number of nitrogens with zero attached hydrogens (tertiary/aromatic N) is 3. The molecule has 0 aliphatic carbocycles. The van der Waals surface area contributed by atoms with Crippen LogP contribution in [0.1, 0.15) is 20.8 Å². The SMILES string of the molecule is CN(C)C(=O)c1ccn(-c2cccc(Cl)c2C(=O)O)n1. The van der Waals surface area contributed by atoms with E-state index in [1.165, 1.54) is 27.9 Å². The molecule has 0 spiro atoms. The number of carbonyl (C=O) groups excluding carboxylic acids is 1. The minimum atomic E-state index is -1.15. The molecule has 0 atom stereocenters. The molecule has 1 aromatic carbocycles. The van der Waals surface area contributed by atoms with Crippen molar-refractivity contribution in [3.8, 4) is 5.69 Å². The van der Waals surface area contributed by atoms with E-state index < -0.39 is 5.97 Å². The lowest BCUT2D eigenvalue weighted by Gasteiger charge is -2.09. The van der Waals surface area contributed by atoms with Gasteiger partial charge in [-0.2, -0.15) is 5.10 Å². The molecule has 2 aromatic rings. The monoisotopic (exact) mass is 293 g/mol. The van der Waals surface area contributed by atoms with Crippen LogP contribution in [0.4, 0.5) is 0 Å². The van der Waals surface area contributed by atoms with Gasteiger partial charge in [-0.15, -0.1) is 0 Å². The van der Waals surface area contributed by atoms with Crippen molar-refractivity contribution in [2.75, 3.05) is 14.1 Å². The Balaban J connectivity index is 2.51. The molecule has 0 fully saturated rings. The maximum absolute atomic E-state index is 11.8. The Morgan fingerprint density at radius 2 is 2.00 bits per heavy atom. The van der Waals surface area contributed by atoms with Gasteiger partial charge in [0.15, 0.2) is 5.69 Å². The van der Waals surface area contributed by atoms with Crippen LogP contribution < -0.4 is 0 Å². The lowest BCUT2D eigenvalue weighted by molar-refractivity contribution is 0.0696. The molecule has 20 heavy (non-hydrogen) atoms. The fourth-order valence-electron chi connectivity index (χ4n) is 1.72. The largest absolute Gasteiger partial charge is 0.478 e. The molecule has 1 aromatic heterocycles. The maximum atomic E-state index is 11.8. The highest BCUT2D eigenvalue weighted by molar-refractivity contribution is 6.34. The van der Waals surface area contributed by atoms with Crippen molar-refractivity contribution in [1.29, 1.82) is 0 Å². The van der Waals surface area contributed by atoms with Gasteiger partial charge in [0.05, 0.1) is 10.7 Å². The van der Waals surface area contributed by atoms with Crippen LogP contribution in [0.2, 0.25) is 5.02 Å². The summed E-state index contributed by atoms with van der Waals surface area (Å²) < 4.78 is 1.33. The highest BCUT2D eigenvalue weighted by Crippen LogP contribution is 2.23. The molecule has 0 saturated heterocycles. The number of hydrogen-bond donors (Lipinski definition) is 1. The van der Waals surface area contributed by atoms with Crippen molar-refractivity contribution in [2.24, 2.45) is 0 Å². The maximum Gasteiger partial charge on any atom is 0.339 e. The van der Waals surface area contributed by atoms with Crippen LogP contribution in [0.25, 0.3) is 5.69 Å². The average molecular weight is 294 g/mol. The van der Waals surface area contributed by atoms with Gasteiger partial charge < -0.3 is 10.0 Å². The zero-order valence-electron chi connectivity index (χ0n) is 10.9. The molecule has 0 bridgehead atoms. The van der Waals surface area contributed by atoms with Crippen molar-refractivity contribution >= 4 is 23.5 Å². The minimum absolute atomic E-state index is 0.0545. The first-order valence-electron chi connectivity index (χ1n) is 5.71. The third kappa shape index (κ3) is 2.50. The Morgan fingerprint density at radius 3 is 2.60 bits per heavy atom. The number of hydrogen-bond acceptors (Lipinski definition) is 3. The second-order valence-corrected chi connectivity index (χ2v) is 4.69. The molecule has 6 nitrogen and oxygen atoms in total. The summed E-state index contributed by atoms with van der Waals surface area (Å²) in [5.74, 6) is -1.41. The Bertz CT molecular complexity index is 679. The van der Waals surface area contributed by atoms with Crippen molar-refractivity contribution in [1.82, 2.24) is 14.7 Å². The van der Waals surface area contributed by atoms with Crippen LogP contribution in [0, 0.1) is 0 Å². The number of carboxylic acids is 1. The summed E-state index contributed by atoms with van der Waals surface area (Å²) >= 11 is 5.90. The van der Waals surface area contributed by atoms with Crippen molar-refractivity contribution < 1.29 is 14.7 Å². The Labute approximate surface area is 120 Å². The Morgan fingerprint density at radius 1 is 1.30 bits per heavy atom. The van der Waals surface area contributed by atoms with Crippen molar-refractivity contribution in [3.63, 3.8) is 0 Å². The third-order valence-electron chi connectivity index (χ3n) is 2.67. The van der Waals surface area contributed by atoms with Gasteiger partial charge in [-0.1, -0.05) is 17.7 Å². The molecule has 104 valence electrons. The summed E-state index contributed by atoms with van der Waals surface area (Å²) in [6.07, 6.45) is 1.52. The normalized spacial score (nSPS) is 10.3. The molecule has 0 aliphatic rings. The van der Waals surface area contributed by atoms with E-state index in [0.717, 1.165) is 0 Å². The number of carboxylic acid groups (broad SMARTS) is 1. The number of benzene rings is 1. The first kappa shape index (κ1) is 14.1. The summed E-state index contributed by atoms with van der Waals surface area (Å²) in [6.45, 7) is 0. The molecule has 0 radical (unpaired) electrons. The molecule has 1 N–H and O–H groups in total. The summed E-state index contributed by atoms with van der Waals surface area (Å²) in [7, 11) is 3.23. The van der Waals surface area contributed by atoms with E-state index in [4.69, 9.17) is 11.6 Å². The molecular weight excluding hydrogens is 282 g/mol. The Hall–Kier alpha value is -2.34. The van der Waals surface area contributed by atoms with Crippen LogP contribution in [0.15, 0.2) is 30.5 Å². The van der Waals surface area contributed by atoms with E-state index >= 15 is 0 Å². The lowest BCUT2D eigenvalue weighted by Crippen LogP contribution is -2.22. The number of rotatable bonds is 3. The first-order valence-corrected chi connectivity index (χ1v) is 6.09. The number of halogens is 1. The Kier molecular flexibility index (Phi) is 3.76. The molecule has 0 saturated carbocycles. The van der Waals surface area contributed by atoms with Gasteiger partial charge >= 0.3 is 5.97 Å². The van der Waals surface area contributed by atoms with E-state index in [0.29, 0.717) is 5.69 Å². The fraction of sp³-hybridized carbons (Fsp3) is 0.154. The van der Waals surface area contributed by atoms with Gasteiger partial charge in [-0.05, 0) is 18.2 Å². The second-order valence-electron chi connectivity index (χ2n) is 4.28. The summed E-state index contributed by atoms with van der Waals surface area (Å²) in [6, 6.07) is 6.21. The number of amides is 1. The van der Waals surface area contributed by atoms with Gasteiger partial charge in [-0.25, -0.2) is 9.48 Å². The van der Waals surface area contributed by atoms with Crippen LogP contribution in [-0.2, 0) is 0 Å². The standard InChI is InChI=1S/C13H12ClN3O3/c1-16(2)12(18)9-6-7-17(15-9)10-5-3-4-8(14)11(10)13(19)20/h3-7H,1-2H3,(H,19,20). The molecule has 1 amide bonds. The van der Waals surface area contributed by atoms with E-state index in [2.05, 4.69) is 5.10 Å². The number of aromatic carboxylic acids is 1. The smallest absolute Gasteiger partial charge is 0.339 e. The molecule has 0 aliphatic heterocycles. The molecule has 2 rings (SSSR count). The van der Waals surface area contributed by atoms with Gasteiger partial charge in [0.2, 0.25) is 0 Å². The van der Waals surface area contributed by atoms with E-state index in [-0.39, 0.29) is 22.2 Å². The van der Waals surface area contributed by atoms with Crippen LogP contribution >= 0.6 is 11.6 Å². The van der Waals surface area contributed by atoms with E-state index in [1.807, 2.05) is 0 Å². The number of carbonyl (C=O) groups is 2. The quantitative estimate of drug-likeness (QED) is 0.938. The summed E-state index contributed by atoms with van der Waals surface area (Å²) in [5, 5.41) is 13.4. The van der Waals surface area contributed by atoms with E-state index in [1.54, 1.807) is 26.2 Å². The second kappa shape index (κ2) is 5.34. The summed E-state index contributed by atoms with van der Waals surface area (Å²) in [4.78, 5) is 24.4. The minimum Gasteiger partial charge on any atom is -0.478 e. The predicted molar refractivity (Wildman–Crippen MR) is 73.6 cm³/mol. The summed E-state index contributed by atoms with van der Waals surface area (Å²) in [5.41, 5.74) is 0.482. The topological polar surface area (TPSA) is 75.4 Å². The highest BCUT2D eigenvalue weighted by atomic mass is 35.5. The molecule has 7 heteroatoms. The average Bonchev–Trinajstić information content (AvgIpc) is 2.86. The van der Waals surface area contributed by atoms with Crippen LogP contribution in [0.5, 0.6) is 0 Å².